The summed E-state index contributed by atoms with van der Waals surface area (Å²) >= 11 is 0. The van der Waals surface area contributed by atoms with E-state index < -0.39 is 11.8 Å². The Labute approximate surface area is 158 Å². The van der Waals surface area contributed by atoms with Gasteiger partial charge in [-0.2, -0.15) is 0 Å². The number of ether oxygens (including phenoxy) is 1. The molecular formula is C18H29N5O4. The van der Waals surface area contributed by atoms with E-state index >= 15 is 0 Å². The average Bonchev–Trinajstić information content (AvgIpc) is 3.04. The minimum Gasteiger partial charge on any atom is -0.358 e. The molecule has 1 amide bonds. The molecule has 1 unspecified atom stereocenters. The van der Waals surface area contributed by atoms with Gasteiger partial charge in [0.2, 0.25) is 5.91 Å². The van der Waals surface area contributed by atoms with Gasteiger partial charge in [0.15, 0.2) is 11.2 Å². The first-order valence-corrected chi connectivity index (χ1v) is 9.13. The Morgan fingerprint density at radius 3 is 2.52 bits per heavy atom. The van der Waals surface area contributed by atoms with Crippen molar-refractivity contribution in [2.45, 2.75) is 46.4 Å². The van der Waals surface area contributed by atoms with E-state index in [9.17, 15) is 14.4 Å². The smallest absolute Gasteiger partial charge is 0.332 e. The fraction of sp³-hybridized carbons (Fsp3) is 0.667. The third kappa shape index (κ3) is 4.47. The van der Waals surface area contributed by atoms with Crippen molar-refractivity contribution in [2.24, 2.45) is 13.0 Å². The molecule has 0 saturated carbocycles. The lowest BCUT2D eigenvalue weighted by Gasteiger charge is -2.17. The summed E-state index contributed by atoms with van der Waals surface area (Å²) in [7, 11) is 4.91. The van der Waals surface area contributed by atoms with Crippen LogP contribution in [0.5, 0.6) is 0 Å². The molecule has 27 heavy (non-hydrogen) atoms. The van der Waals surface area contributed by atoms with Gasteiger partial charge >= 0.3 is 5.69 Å². The van der Waals surface area contributed by atoms with E-state index in [0.29, 0.717) is 37.2 Å². The molecule has 0 saturated heterocycles. The van der Waals surface area contributed by atoms with Crippen LogP contribution in [0.25, 0.3) is 11.2 Å². The molecular weight excluding hydrogens is 350 g/mol. The van der Waals surface area contributed by atoms with E-state index in [4.69, 9.17) is 4.74 Å². The lowest BCUT2D eigenvalue weighted by Crippen LogP contribution is -2.39. The maximum atomic E-state index is 12.7. The maximum absolute atomic E-state index is 12.7. The van der Waals surface area contributed by atoms with E-state index in [1.54, 1.807) is 23.6 Å². The van der Waals surface area contributed by atoms with Crippen LogP contribution in [0, 0.1) is 5.92 Å². The summed E-state index contributed by atoms with van der Waals surface area (Å²) in [6.45, 7) is 6.67. The molecule has 0 aliphatic rings. The van der Waals surface area contributed by atoms with Crippen LogP contribution in [-0.2, 0) is 23.1 Å². The normalized spacial score (nSPS) is 12.7. The van der Waals surface area contributed by atoms with Crippen LogP contribution in [0.3, 0.4) is 0 Å². The first kappa shape index (κ1) is 20.9. The third-order valence-electron chi connectivity index (χ3n) is 4.39. The molecule has 0 aromatic carbocycles. The molecule has 1 atom stereocenters. The summed E-state index contributed by atoms with van der Waals surface area (Å²) in [5.41, 5.74) is -0.0578. The number of carbonyl (C=O) groups excluding carboxylic acids is 1. The SMILES string of the molecule is CC(C)Cn1c(=O)n(C)c(=O)c2c1ncn2C(C)OCCCC(=O)N(C)C. The van der Waals surface area contributed by atoms with Gasteiger partial charge in [-0.3, -0.25) is 23.3 Å². The van der Waals surface area contributed by atoms with E-state index in [1.165, 1.54) is 17.9 Å². The molecule has 0 aliphatic carbocycles. The second kappa shape index (κ2) is 8.51. The molecule has 0 fully saturated rings. The number of amides is 1. The number of fused-ring (bicyclic) bond motifs is 1. The molecule has 0 aliphatic heterocycles. The van der Waals surface area contributed by atoms with Crippen molar-refractivity contribution in [2.75, 3.05) is 20.7 Å². The summed E-state index contributed by atoms with van der Waals surface area (Å²) in [6.07, 6.45) is 2.07. The first-order chi connectivity index (χ1) is 12.6. The Bertz CT molecular complexity index is 922. The maximum Gasteiger partial charge on any atom is 0.332 e. The molecule has 0 radical (unpaired) electrons. The summed E-state index contributed by atoms with van der Waals surface area (Å²) < 4.78 is 10.1. The van der Waals surface area contributed by atoms with Crippen molar-refractivity contribution < 1.29 is 9.53 Å². The average molecular weight is 379 g/mol. The van der Waals surface area contributed by atoms with Gasteiger partial charge < -0.3 is 9.64 Å². The third-order valence-corrected chi connectivity index (χ3v) is 4.39. The zero-order valence-corrected chi connectivity index (χ0v) is 16.9. The molecule has 0 N–H and O–H groups in total. The molecule has 2 heterocycles. The van der Waals surface area contributed by atoms with Crippen LogP contribution in [0.2, 0.25) is 0 Å². The number of carbonyl (C=O) groups is 1. The molecule has 9 heteroatoms. The van der Waals surface area contributed by atoms with Crippen molar-refractivity contribution in [3.05, 3.63) is 27.2 Å². The number of hydrogen-bond donors (Lipinski definition) is 0. The van der Waals surface area contributed by atoms with Crippen LogP contribution in [0.1, 0.15) is 39.8 Å². The van der Waals surface area contributed by atoms with E-state index in [1.807, 2.05) is 20.8 Å². The van der Waals surface area contributed by atoms with Crippen LogP contribution in [-0.4, -0.2) is 50.2 Å². The van der Waals surface area contributed by atoms with E-state index in [2.05, 4.69) is 4.98 Å². The van der Waals surface area contributed by atoms with Gasteiger partial charge in [0, 0.05) is 40.7 Å². The van der Waals surface area contributed by atoms with E-state index in [-0.39, 0.29) is 17.5 Å². The zero-order chi connectivity index (χ0) is 20.3. The Morgan fingerprint density at radius 2 is 1.93 bits per heavy atom. The lowest BCUT2D eigenvalue weighted by molar-refractivity contribution is -0.129. The lowest BCUT2D eigenvalue weighted by atomic mass is 10.2. The highest BCUT2D eigenvalue weighted by Crippen LogP contribution is 2.16. The molecule has 9 nitrogen and oxygen atoms in total. The van der Waals surface area contributed by atoms with E-state index in [0.717, 1.165) is 4.57 Å². The molecule has 2 aromatic heterocycles. The van der Waals surface area contributed by atoms with Gasteiger partial charge in [-0.25, -0.2) is 9.78 Å². The van der Waals surface area contributed by atoms with Crippen LogP contribution < -0.4 is 11.2 Å². The summed E-state index contributed by atoms with van der Waals surface area (Å²) in [4.78, 5) is 42.6. The number of nitrogens with zero attached hydrogens (tertiary/aromatic N) is 5. The molecule has 150 valence electrons. The molecule has 2 rings (SSSR count). The quantitative estimate of drug-likeness (QED) is 0.637. The Morgan fingerprint density at radius 1 is 1.26 bits per heavy atom. The van der Waals surface area contributed by atoms with Crippen molar-refractivity contribution >= 4 is 17.1 Å². The summed E-state index contributed by atoms with van der Waals surface area (Å²) in [5.74, 6) is 0.280. The fourth-order valence-corrected chi connectivity index (χ4v) is 2.86. The van der Waals surface area contributed by atoms with Crippen LogP contribution >= 0.6 is 0 Å². The minimum atomic E-state index is -0.442. The van der Waals surface area contributed by atoms with Crippen molar-refractivity contribution in [1.29, 1.82) is 0 Å². The van der Waals surface area contributed by atoms with Gasteiger partial charge in [-0.1, -0.05) is 13.8 Å². The number of rotatable bonds is 8. The topological polar surface area (TPSA) is 91.4 Å². The molecule has 0 spiro atoms. The van der Waals surface area contributed by atoms with Gasteiger partial charge in [-0.15, -0.1) is 0 Å². The summed E-state index contributed by atoms with van der Waals surface area (Å²) in [6, 6.07) is 0. The predicted molar refractivity (Wildman–Crippen MR) is 103 cm³/mol. The highest BCUT2D eigenvalue weighted by molar-refractivity contribution is 5.75. The number of imidazole rings is 1. The highest BCUT2D eigenvalue weighted by Gasteiger charge is 2.19. The first-order valence-electron chi connectivity index (χ1n) is 9.13. The van der Waals surface area contributed by atoms with Gasteiger partial charge in [0.05, 0.1) is 6.33 Å². The molecule has 2 aromatic rings. The number of hydrogen-bond acceptors (Lipinski definition) is 5. The van der Waals surface area contributed by atoms with Crippen LogP contribution in [0.15, 0.2) is 15.9 Å². The monoisotopic (exact) mass is 379 g/mol. The van der Waals surface area contributed by atoms with Crippen molar-refractivity contribution in [3.63, 3.8) is 0 Å². The largest absolute Gasteiger partial charge is 0.358 e. The minimum absolute atomic E-state index is 0.0471. The van der Waals surface area contributed by atoms with Crippen molar-refractivity contribution in [1.82, 2.24) is 23.6 Å². The van der Waals surface area contributed by atoms with Crippen molar-refractivity contribution in [3.8, 4) is 0 Å². The zero-order valence-electron chi connectivity index (χ0n) is 16.9. The van der Waals surface area contributed by atoms with Gasteiger partial charge in [0.1, 0.15) is 6.23 Å². The number of aromatic nitrogens is 4. The van der Waals surface area contributed by atoms with Gasteiger partial charge in [-0.05, 0) is 19.3 Å². The Kier molecular flexibility index (Phi) is 6.59. The highest BCUT2D eigenvalue weighted by atomic mass is 16.5. The fourth-order valence-electron chi connectivity index (χ4n) is 2.86. The Hall–Kier alpha value is -2.42. The molecule has 0 bridgehead atoms. The van der Waals surface area contributed by atoms with Gasteiger partial charge in [0.25, 0.3) is 5.56 Å². The summed E-state index contributed by atoms with van der Waals surface area (Å²) in [5, 5.41) is 0. The Balaban J connectivity index is 2.26. The predicted octanol–water partition coefficient (Wildman–Crippen LogP) is 0.956. The standard InChI is InChI=1S/C18H29N5O4/c1-12(2)10-22-16-15(17(25)21(6)18(22)26)23(11-19-16)13(3)27-9-7-8-14(24)20(4)5/h11-13H,7-10H2,1-6H3. The second-order valence-electron chi connectivity index (χ2n) is 7.34. The second-order valence-corrected chi connectivity index (χ2v) is 7.34. The van der Waals surface area contributed by atoms with Crippen LogP contribution in [0.4, 0.5) is 0 Å².